The molecule has 1 heterocycles. The Morgan fingerprint density at radius 1 is 0.857 bits per heavy atom. The maximum absolute atomic E-state index is 12.5. The highest BCUT2D eigenvalue weighted by Gasteiger charge is 2.21. The monoisotopic (exact) mass is 503 g/mol. The molecular formula is C24H29N3O7S. The summed E-state index contributed by atoms with van der Waals surface area (Å²) < 4.78 is 25.4. The SMILES string of the molecule is CN(C)S(=O)(=O)c1ccc(C(=O)CN2CCN(c3ccccc3)CC2)cc1.O=C(O)/C=C\C(=O)O. The summed E-state index contributed by atoms with van der Waals surface area (Å²) in [6, 6.07) is 16.5. The second-order valence-electron chi connectivity index (χ2n) is 7.84. The maximum Gasteiger partial charge on any atom is 0.328 e. The molecule has 2 aromatic rings. The number of piperazine rings is 1. The summed E-state index contributed by atoms with van der Waals surface area (Å²) in [4.78, 5) is 36.3. The molecule has 1 aliphatic rings. The summed E-state index contributed by atoms with van der Waals surface area (Å²) in [5.41, 5.74) is 1.75. The molecule has 0 aromatic heterocycles. The number of Topliss-reactive ketones (excluding diaryl/α,β-unsaturated/α-hetero) is 1. The van der Waals surface area contributed by atoms with E-state index in [2.05, 4.69) is 21.9 Å². The van der Waals surface area contributed by atoms with Gasteiger partial charge in [0, 0.05) is 63.7 Å². The Hall–Kier alpha value is -3.54. The maximum atomic E-state index is 12.5. The van der Waals surface area contributed by atoms with Crippen LogP contribution in [-0.4, -0.2) is 92.4 Å². The Kier molecular flexibility index (Phi) is 10.1. The lowest BCUT2D eigenvalue weighted by Crippen LogP contribution is -2.48. The van der Waals surface area contributed by atoms with Crippen LogP contribution < -0.4 is 4.90 Å². The zero-order chi connectivity index (χ0) is 26.0. The number of carbonyl (C=O) groups is 3. The fourth-order valence-electron chi connectivity index (χ4n) is 3.26. The van der Waals surface area contributed by atoms with Crippen molar-refractivity contribution in [3.8, 4) is 0 Å². The minimum Gasteiger partial charge on any atom is -0.478 e. The van der Waals surface area contributed by atoms with Gasteiger partial charge in [-0.2, -0.15) is 0 Å². The van der Waals surface area contributed by atoms with E-state index in [1.807, 2.05) is 18.2 Å². The predicted molar refractivity (Wildman–Crippen MR) is 131 cm³/mol. The molecular weight excluding hydrogens is 474 g/mol. The second-order valence-corrected chi connectivity index (χ2v) is 10.00. The molecule has 0 bridgehead atoms. The molecule has 1 aliphatic heterocycles. The van der Waals surface area contributed by atoms with Crippen LogP contribution in [-0.2, 0) is 19.6 Å². The van der Waals surface area contributed by atoms with Gasteiger partial charge in [0.25, 0.3) is 0 Å². The quantitative estimate of drug-likeness (QED) is 0.407. The van der Waals surface area contributed by atoms with Crippen LogP contribution >= 0.6 is 0 Å². The van der Waals surface area contributed by atoms with Crippen LogP contribution in [0.1, 0.15) is 10.4 Å². The number of benzene rings is 2. The Morgan fingerprint density at radius 2 is 1.37 bits per heavy atom. The molecule has 10 nitrogen and oxygen atoms in total. The Bertz CT molecular complexity index is 1120. The van der Waals surface area contributed by atoms with Crippen LogP contribution in [0.25, 0.3) is 0 Å². The van der Waals surface area contributed by atoms with Gasteiger partial charge in [-0.3, -0.25) is 9.69 Å². The molecule has 0 spiro atoms. The van der Waals surface area contributed by atoms with E-state index in [4.69, 9.17) is 10.2 Å². The molecule has 0 saturated carbocycles. The lowest BCUT2D eigenvalue weighted by Gasteiger charge is -2.35. The third kappa shape index (κ3) is 8.63. The fourth-order valence-corrected chi connectivity index (χ4v) is 4.17. The van der Waals surface area contributed by atoms with Crippen LogP contribution in [0.15, 0.2) is 71.6 Å². The van der Waals surface area contributed by atoms with E-state index in [-0.39, 0.29) is 10.7 Å². The summed E-state index contributed by atoms with van der Waals surface area (Å²) in [6.45, 7) is 3.78. The van der Waals surface area contributed by atoms with Crippen molar-refractivity contribution in [1.82, 2.24) is 9.21 Å². The van der Waals surface area contributed by atoms with Gasteiger partial charge < -0.3 is 15.1 Å². The van der Waals surface area contributed by atoms with Crippen molar-refractivity contribution in [3.63, 3.8) is 0 Å². The summed E-state index contributed by atoms with van der Waals surface area (Å²) in [5.74, 6) is -2.50. The Morgan fingerprint density at radius 3 is 1.83 bits per heavy atom. The molecule has 35 heavy (non-hydrogen) atoms. The van der Waals surface area contributed by atoms with Crippen LogP contribution in [0.2, 0.25) is 0 Å². The average Bonchev–Trinajstić information content (AvgIpc) is 2.84. The van der Waals surface area contributed by atoms with E-state index in [0.717, 1.165) is 30.5 Å². The summed E-state index contributed by atoms with van der Waals surface area (Å²) in [7, 11) is -0.494. The number of hydrogen-bond acceptors (Lipinski definition) is 7. The molecule has 2 N–H and O–H groups in total. The van der Waals surface area contributed by atoms with Gasteiger partial charge in [0.15, 0.2) is 5.78 Å². The number of ketones is 1. The second kappa shape index (κ2) is 12.8. The van der Waals surface area contributed by atoms with Gasteiger partial charge >= 0.3 is 11.9 Å². The van der Waals surface area contributed by atoms with Crippen LogP contribution in [0.3, 0.4) is 0 Å². The van der Waals surface area contributed by atoms with Crippen molar-refractivity contribution >= 4 is 33.4 Å². The molecule has 0 amide bonds. The number of hydrogen-bond donors (Lipinski definition) is 2. The fraction of sp³-hybridized carbons (Fsp3) is 0.292. The van der Waals surface area contributed by atoms with Gasteiger partial charge in [0.2, 0.25) is 10.0 Å². The topological polar surface area (TPSA) is 136 Å². The normalized spacial score (nSPS) is 14.4. The van der Waals surface area contributed by atoms with Crippen molar-refractivity contribution in [3.05, 3.63) is 72.3 Å². The van der Waals surface area contributed by atoms with Crippen LogP contribution in [0.5, 0.6) is 0 Å². The third-order valence-electron chi connectivity index (χ3n) is 5.18. The Balaban J connectivity index is 0.000000466. The van der Waals surface area contributed by atoms with Gasteiger partial charge in [0.05, 0.1) is 11.4 Å². The van der Waals surface area contributed by atoms with Gasteiger partial charge in [-0.15, -0.1) is 0 Å². The number of aliphatic carboxylic acids is 2. The van der Waals surface area contributed by atoms with Crippen LogP contribution in [0.4, 0.5) is 5.69 Å². The number of rotatable bonds is 8. The number of carboxylic acids is 2. The average molecular weight is 504 g/mol. The molecule has 188 valence electrons. The minimum atomic E-state index is -3.47. The summed E-state index contributed by atoms with van der Waals surface area (Å²) >= 11 is 0. The minimum absolute atomic E-state index is 0.0111. The predicted octanol–water partition coefficient (Wildman–Crippen LogP) is 1.65. The van der Waals surface area contributed by atoms with E-state index >= 15 is 0 Å². The molecule has 1 saturated heterocycles. The largest absolute Gasteiger partial charge is 0.478 e. The number of sulfonamides is 1. The van der Waals surface area contributed by atoms with Crippen molar-refractivity contribution in [2.24, 2.45) is 0 Å². The van der Waals surface area contributed by atoms with Crippen molar-refractivity contribution < 1.29 is 33.0 Å². The van der Waals surface area contributed by atoms with Gasteiger partial charge in [0.1, 0.15) is 0 Å². The highest BCUT2D eigenvalue weighted by atomic mass is 32.2. The van der Waals surface area contributed by atoms with Gasteiger partial charge in [-0.1, -0.05) is 30.3 Å². The molecule has 0 aliphatic carbocycles. The standard InChI is InChI=1S/C20H25N3O3S.C4H4O4/c1-21(2)27(25,26)19-10-8-17(9-11-19)20(24)16-22-12-14-23(15-13-22)18-6-4-3-5-7-18;5-3(6)1-2-4(7)8/h3-11H,12-16H2,1-2H3;1-2H,(H,5,6)(H,7,8)/b;2-1-. The summed E-state index contributed by atoms with van der Waals surface area (Å²) in [5, 5.41) is 15.6. The smallest absolute Gasteiger partial charge is 0.328 e. The third-order valence-corrected chi connectivity index (χ3v) is 7.01. The number of anilines is 1. The molecule has 3 rings (SSSR count). The zero-order valence-corrected chi connectivity index (χ0v) is 20.4. The molecule has 0 atom stereocenters. The first-order valence-corrected chi connectivity index (χ1v) is 12.2. The van der Waals surface area contributed by atoms with Gasteiger partial charge in [-0.25, -0.2) is 22.3 Å². The van der Waals surface area contributed by atoms with E-state index in [9.17, 15) is 22.8 Å². The highest BCUT2D eigenvalue weighted by molar-refractivity contribution is 7.89. The number of para-hydroxylation sites is 1. The van der Waals surface area contributed by atoms with Crippen molar-refractivity contribution in [2.75, 3.05) is 51.7 Å². The summed E-state index contributed by atoms with van der Waals surface area (Å²) in [6.07, 6.45) is 1.12. The molecule has 11 heteroatoms. The van der Waals surface area contributed by atoms with E-state index in [1.165, 1.54) is 31.9 Å². The van der Waals surface area contributed by atoms with Gasteiger partial charge in [-0.05, 0) is 24.3 Å². The number of nitrogens with zero attached hydrogens (tertiary/aromatic N) is 3. The lowest BCUT2D eigenvalue weighted by atomic mass is 10.1. The van der Waals surface area contributed by atoms with Crippen LogP contribution in [0, 0.1) is 0 Å². The number of carboxylic acid groups (broad SMARTS) is 2. The van der Waals surface area contributed by atoms with E-state index < -0.39 is 22.0 Å². The molecule has 1 fully saturated rings. The van der Waals surface area contributed by atoms with E-state index in [0.29, 0.717) is 24.3 Å². The number of carbonyl (C=O) groups excluding carboxylic acids is 1. The highest BCUT2D eigenvalue weighted by Crippen LogP contribution is 2.17. The molecule has 2 aromatic carbocycles. The first-order chi connectivity index (χ1) is 16.5. The first-order valence-electron chi connectivity index (χ1n) is 10.7. The first kappa shape index (κ1) is 27.7. The molecule has 0 radical (unpaired) electrons. The van der Waals surface area contributed by atoms with E-state index in [1.54, 1.807) is 12.1 Å². The molecule has 0 unspecified atom stereocenters. The lowest BCUT2D eigenvalue weighted by molar-refractivity contribution is -0.134. The zero-order valence-electron chi connectivity index (χ0n) is 19.6. The Labute approximate surface area is 204 Å². The van der Waals surface area contributed by atoms with Crippen molar-refractivity contribution in [2.45, 2.75) is 4.90 Å². The van der Waals surface area contributed by atoms with Crippen molar-refractivity contribution in [1.29, 1.82) is 0 Å².